The fourth-order valence-corrected chi connectivity index (χ4v) is 2.38. The van der Waals surface area contributed by atoms with Gasteiger partial charge in [0.2, 0.25) is 0 Å². The Morgan fingerprint density at radius 1 is 1.32 bits per heavy atom. The van der Waals surface area contributed by atoms with Crippen molar-refractivity contribution < 1.29 is 23.2 Å². The second-order valence-corrected chi connectivity index (χ2v) is 5.05. The molecular weight excluding hydrogens is 307 g/mol. The third-order valence-electron chi connectivity index (χ3n) is 3.46. The first kappa shape index (κ1) is 16.6. The van der Waals surface area contributed by atoms with Gasteiger partial charge in [0.25, 0.3) is 0 Å². The summed E-state index contributed by atoms with van der Waals surface area (Å²) in [6.07, 6.45) is -2.62. The number of imidazole rings is 1. The van der Waals surface area contributed by atoms with Gasteiger partial charge in [-0.2, -0.15) is 13.2 Å². The van der Waals surface area contributed by atoms with Crippen LogP contribution in [0.2, 0.25) is 0 Å². The average Bonchev–Trinajstić information content (AvgIpc) is 2.86. The number of aromatic nitrogens is 2. The Morgan fingerprint density at radius 2 is 1.95 bits per heavy atom. The van der Waals surface area contributed by atoms with Gasteiger partial charge in [-0.3, -0.25) is 4.90 Å². The normalized spacial score (nSPS) is 19.3. The van der Waals surface area contributed by atoms with Gasteiger partial charge in [-0.05, 0) is 4.92 Å². The van der Waals surface area contributed by atoms with Gasteiger partial charge in [0, 0.05) is 32.7 Å². The molecule has 1 aromatic rings. The molecule has 1 aliphatic heterocycles. The lowest BCUT2D eigenvalue weighted by Gasteiger charge is -2.36. The van der Waals surface area contributed by atoms with Crippen LogP contribution in [-0.4, -0.2) is 74.5 Å². The molecule has 2 heterocycles. The Balaban J connectivity index is 1.82. The summed E-state index contributed by atoms with van der Waals surface area (Å²) >= 11 is 0. The molecule has 2 rings (SSSR count). The van der Waals surface area contributed by atoms with Gasteiger partial charge in [0.15, 0.2) is 0 Å². The molecule has 0 radical (unpaired) electrons. The molecule has 1 aromatic heterocycles. The highest BCUT2D eigenvalue weighted by atomic mass is 19.4. The van der Waals surface area contributed by atoms with E-state index in [0.29, 0.717) is 4.90 Å². The maximum absolute atomic E-state index is 12.5. The van der Waals surface area contributed by atoms with Crippen LogP contribution in [0.15, 0.2) is 12.4 Å². The Morgan fingerprint density at radius 3 is 2.50 bits per heavy atom. The Labute approximate surface area is 123 Å². The first-order valence-electron chi connectivity index (χ1n) is 6.65. The van der Waals surface area contributed by atoms with Crippen molar-refractivity contribution in [3.63, 3.8) is 0 Å². The number of aliphatic hydroxyl groups is 1. The van der Waals surface area contributed by atoms with Crippen LogP contribution in [0, 0.1) is 10.1 Å². The first-order valence-corrected chi connectivity index (χ1v) is 6.65. The summed E-state index contributed by atoms with van der Waals surface area (Å²) in [6.45, 7) is 0.185. The number of halogens is 3. The van der Waals surface area contributed by atoms with Crippen molar-refractivity contribution in [3.8, 4) is 0 Å². The lowest BCUT2D eigenvalue weighted by Crippen LogP contribution is -2.53. The molecule has 1 atom stereocenters. The van der Waals surface area contributed by atoms with Gasteiger partial charge >= 0.3 is 12.2 Å². The predicted molar refractivity (Wildman–Crippen MR) is 69.0 cm³/mol. The van der Waals surface area contributed by atoms with Crippen LogP contribution in [0.5, 0.6) is 0 Å². The SMILES string of the molecule is O=[N+]([O-])c1nccn1CC(O)CN1CCN(C(F)(F)F)CC1. The van der Waals surface area contributed by atoms with Gasteiger partial charge in [-0.1, -0.05) is 4.98 Å². The van der Waals surface area contributed by atoms with E-state index in [-0.39, 0.29) is 45.2 Å². The second kappa shape index (κ2) is 6.58. The Kier molecular flexibility index (Phi) is 4.98. The van der Waals surface area contributed by atoms with Crippen LogP contribution in [-0.2, 0) is 6.54 Å². The van der Waals surface area contributed by atoms with E-state index < -0.39 is 17.3 Å². The summed E-state index contributed by atoms with van der Waals surface area (Å²) < 4.78 is 38.7. The molecule has 1 fully saturated rings. The van der Waals surface area contributed by atoms with Gasteiger partial charge in [-0.25, -0.2) is 9.47 Å². The van der Waals surface area contributed by atoms with Crippen LogP contribution in [0.25, 0.3) is 0 Å². The van der Waals surface area contributed by atoms with Crippen molar-refractivity contribution in [2.45, 2.75) is 18.9 Å². The first-order chi connectivity index (χ1) is 10.3. The molecule has 1 N–H and O–H groups in total. The molecule has 0 spiro atoms. The average molecular weight is 323 g/mol. The number of piperazine rings is 1. The number of aliphatic hydroxyl groups excluding tert-OH is 1. The van der Waals surface area contributed by atoms with Gasteiger partial charge in [0.1, 0.15) is 12.4 Å². The van der Waals surface area contributed by atoms with E-state index in [4.69, 9.17) is 0 Å². The van der Waals surface area contributed by atoms with E-state index in [1.807, 2.05) is 0 Å². The molecule has 0 aromatic carbocycles. The summed E-state index contributed by atoms with van der Waals surface area (Å²) in [4.78, 5) is 15.7. The molecule has 124 valence electrons. The molecule has 0 aliphatic carbocycles. The monoisotopic (exact) mass is 323 g/mol. The number of hydrogen-bond donors (Lipinski definition) is 1. The lowest BCUT2D eigenvalue weighted by molar-refractivity contribution is -0.397. The highest BCUT2D eigenvalue weighted by Crippen LogP contribution is 2.22. The van der Waals surface area contributed by atoms with E-state index in [0.717, 1.165) is 0 Å². The van der Waals surface area contributed by atoms with E-state index in [1.54, 1.807) is 4.90 Å². The topological polar surface area (TPSA) is 87.7 Å². The number of hydrogen-bond acceptors (Lipinski definition) is 6. The standard InChI is InChI=1S/C11H16F3N5O3/c12-11(13,14)18-5-3-16(4-6-18)7-9(20)8-17-2-1-15-10(17)19(21)22/h1-2,9,20H,3-8H2. The van der Waals surface area contributed by atoms with Crippen molar-refractivity contribution in [2.24, 2.45) is 0 Å². The fourth-order valence-electron chi connectivity index (χ4n) is 2.38. The number of nitro groups is 1. The molecule has 1 saturated heterocycles. The summed E-state index contributed by atoms with van der Waals surface area (Å²) in [5.74, 6) is -0.374. The van der Waals surface area contributed by atoms with Gasteiger partial charge in [0.05, 0.1) is 12.6 Å². The van der Waals surface area contributed by atoms with Crippen LogP contribution in [0.4, 0.5) is 19.1 Å². The molecular formula is C11H16F3N5O3. The summed E-state index contributed by atoms with van der Waals surface area (Å²) in [6, 6.07) is 0. The van der Waals surface area contributed by atoms with Crippen molar-refractivity contribution in [2.75, 3.05) is 32.7 Å². The maximum Gasteiger partial charge on any atom is 0.460 e. The number of rotatable bonds is 5. The van der Waals surface area contributed by atoms with Crippen molar-refractivity contribution in [1.82, 2.24) is 19.4 Å². The van der Waals surface area contributed by atoms with Crippen molar-refractivity contribution in [3.05, 3.63) is 22.5 Å². The number of nitrogens with zero attached hydrogens (tertiary/aromatic N) is 5. The van der Waals surface area contributed by atoms with E-state index in [2.05, 4.69) is 4.98 Å². The van der Waals surface area contributed by atoms with E-state index >= 15 is 0 Å². The zero-order valence-corrected chi connectivity index (χ0v) is 11.6. The Hall–Kier alpha value is -1.72. The van der Waals surface area contributed by atoms with Gasteiger partial charge < -0.3 is 15.2 Å². The number of β-amino-alcohol motifs (C(OH)–C–C–N with tert-alkyl or cyclic N) is 1. The lowest BCUT2D eigenvalue weighted by atomic mass is 10.2. The smallest absolute Gasteiger partial charge is 0.390 e. The molecule has 11 heteroatoms. The molecule has 0 bridgehead atoms. The van der Waals surface area contributed by atoms with E-state index in [1.165, 1.54) is 17.0 Å². The van der Waals surface area contributed by atoms with Gasteiger partial charge in [-0.15, -0.1) is 0 Å². The summed E-state index contributed by atoms with van der Waals surface area (Å²) in [7, 11) is 0. The van der Waals surface area contributed by atoms with Crippen LogP contribution in [0.3, 0.4) is 0 Å². The van der Waals surface area contributed by atoms with Crippen molar-refractivity contribution in [1.29, 1.82) is 0 Å². The Bertz CT molecular complexity index is 513. The zero-order valence-electron chi connectivity index (χ0n) is 11.6. The van der Waals surface area contributed by atoms with Crippen molar-refractivity contribution >= 4 is 5.95 Å². The van der Waals surface area contributed by atoms with Crippen LogP contribution in [0.1, 0.15) is 0 Å². The third-order valence-corrected chi connectivity index (χ3v) is 3.46. The molecule has 0 saturated carbocycles. The largest absolute Gasteiger partial charge is 0.460 e. The molecule has 22 heavy (non-hydrogen) atoms. The highest BCUT2D eigenvalue weighted by Gasteiger charge is 2.38. The zero-order chi connectivity index (χ0) is 16.3. The summed E-state index contributed by atoms with van der Waals surface area (Å²) in [5.41, 5.74) is 0. The quantitative estimate of drug-likeness (QED) is 0.476. The second-order valence-electron chi connectivity index (χ2n) is 5.05. The predicted octanol–water partition coefficient (Wildman–Crippen LogP) is 0.290. The molecule has 1 unspecified atom stereocenters. The van der Waals surface area contributed by atoms with Crippen LogP contribution >= 0.6 is 0 Å². The highest BCUT2D eigenvalue weighted by molar-refractivity contribution is 5.06. The fraction of sp³-hybridized carbons (Fsp3) is 0.727. The third kappa shape index (κ3) is 4.15. The molecule has 1 aliphatic rings. The number of alkyl halides is 3. The van der Waals surface area contributed by atoms with E-state index in [9.17, 15) is 28.4 Å². The minimum absolute atomic E-state index is 0.0319. The molecule has 0 amide bonds. The maximum atomic E-state index is 12.5. The molecule has 8 nitrogen and oxygen atoms in total. The van der Waals surface area contributed by atoms with Crippen LogP contribution < -0.4 is 0 Å². The summed E-state index contributed by atoms with van der Waals surface area (Å²) in [5, 5.41) is 20.7. The minimum Gasteiger partial charge on any atom is -0.390 e. The minimum atomic E-state index is -4.33.